The second-order valence-corrected chi connectivity index (χ2v) is 7.12. The monoisotopic (exact) mass is 425 g/mol. The minimum absolute atomic E-state index is 0.0414. The molecular weight excluding hydrogens is 410 g/mol. The van der Waals surface area contributed by atoms with Crippen molar-refractivity contribution >= 4 is 35.0 Å². The standard InChI is InChI=1S/C19H15N5O5S/c1-28-17(26)11-7-5-10(6-8-11)15-13(16(25)12-4-3-9-30-12)14(18(27)29-2)20-19-21-22-23-24(15)19/h3-9,15H,1-2H3,(H,20,21,23). The zero-order valence-electron chi connectivity index (χ0n) is 15.9. The van der Waals surface area contributed by atoms with E-state index in [1.807, 2.05) is 0 Å². The lowest BCUT2D eigenvalue weighted by molar-refractivity contribution is -0.136. The first-order chi connectivity index (χ1) is 14.5. The summed E-state index contributed by atoms with van der Waals surface area (Å²) in [4.78, 5) is 38.1. The highest BCUT2D eigenvalue weighted by Gasteiger charge is 2.38. The summed E-state index contributed by atoms with van der Waals surface area (Å²) in [5.41, 5.74) is 1.03. The van der Waals surface area contributed by atoms with Crippen molar-refractivity contribution < 1.29 is 23.9 Å². The van der Waals surface area contributed by atoms with Crippen LogP contribution in [0.25, 0.3) is 0 Å². The van der Waals surface area contributed by atoms with E-state index >= 15 is 0 Å². The fourth-order valence-electron chi connectivity index (χ4n) is 3.16. The highest BCUT2D eigenvalue weighted by atomic mass is 32.1. The molecule has 0 bridgehead atoms. The van der Waals surface area contributed by atoms with E-state index in [4.69, 9.17) is 9.47 Å². The predicted molar refractivity (Wildman–Crippen MR) is 105 cm³/mol. The summed E-state index contributed by atoms with van der Waals surface area (Å²) in [7, 11) is 2.52. The van der Waals surface area contributed by atoms with Crippen molar-refractivity contribution in [3.8, 4) is 0 Å². The SMILES string of the molecule is COC(=O)C1=C(C(=O)c2cccs2)C(c2ccc(C(=O)OC)cc2)n2nnnc2N1. The lowest BCUT2D eigenvalue weighted by atomic mass is 9.91. The number of carbonyl (C=O) groups excluding carboxylic acids is 3. The van der Waals surface area contributed by atoms with E-state index in [9.17, 15) is 14.4 Å². The van der Waals surface area contributed by atoms with Crippen molar-refractivity contribution in [3.63, 3.8) is 0 Å². The highest BCUT2D eigenvalue weighted by molar-refractivity contribution is 7.12. The molecule has 10 nitrogen and oxygen atoms in total. The number of ether oxygens (including phenoxy) is 2. The zero-order chi connectivity index (χ0) is 21.3. The first-order valence-corrected chi connectivity index (χ1v) is 9.57. The molecule has 0 saturated heterocycles. The van der Waals surface area contributed by atoms with Gasteiger partial charge in [-0.1, -0.05) is 23.3 Å². The number of tetrazole rings is 1. The third-order valence-corrected chi connectivity index (χ3v) is 5.41. The van der Waals surface area contributed by atoms with Gasteiger partial charge in [0.2, 0.25) is 11.7 Å². The van der Waals surface area contributed by atoms with Gasteiger partial charge in [-0.15, -0.1) is 11.3 Å². The van der Waals surface area contributed by atoms with Gasteiger partial charge in [0, 0.05) is 0 Å². The Hall–Kier alpha value is -3.86. The van der Waals surface area contributed by atoms with E-state index in [2.05, 4.69) is 20.8 Å². The van der Waals surface area contributed by atoms with Crippen molar-refractivity contribution in [2.75, 3.05) is 19.5 Å². The molecule has 0 amide bonds. The van der Waals surface area contributed by atoms with Gasteiger partial charge >= 0.3 is 11.9 Å². The van der Waals surface area contributed by atoms with Crippen LogP contribution in [0.1, 0.15) is 31.6 Å². The molecule has 0 radical (unpaired) electrons. The Labute approximate surface area is 174 Å². The molecule has 0 aliphatic carbocycles. The second-order valence-electron chi connectivity index (χ2n) is 6.17. The topological polar surface area (TPSA) is 125 Å². The number of ketones is 1. The Bertz CT molecular complexity index is 1150. The molecular formula is C19H15N5O5S. The average molecular weight is 425 g/mol. The van der Waals surface area contributed by atoms with E-state index in [1.54, 1.807) is 41.8 Å². The fraction of sp³-hybridized carbons (Fsp3) is 0.158. The Kier molecular flexibility index (Phi) is 5.11. The number of fused-ring (bicyclic) bond motifs is 1. The molecule has 1 unspecified atom stereocenters. The lowest BCUT2D eigenvalue weighted by Crippen LogP contribution is -2.32. The molecule has 0 fully saturated rings. The molecule has 1 aliphatic heterocycles. The van der Waals surface area contributed by atoms with Crippen LogP contribution in [0.4, 0.5) is 5.95 Å². The number of esters is 2. The Balaban J connectivity index is 1.90. The number of nitrogens with one attached hydrogen (secondary N) is 1. The van der Waals surface area contributed by atoms with Gasteiger partial charge in [-0.2, -0.15) is 4.68 Å². The van der Waals surface area contributed by atoms with E-state index in [-0.39, 0.29) is 23.0 Å². The molecule has 1 aromatic carbocycles. The number of rotatable bonds is 5. The number of methoxy groups -OCH3 is 2. The number of carbonyl (C=O) groups is 3. The Morgan fingerprint density at radius 1 is 1.07 bits per heavy atom. The summed E-state index contributed by atoms with van der Waals surface area (Å²) in [6, 6.07) is 9.05. The van der Waals surface area contributed by atoms with Crippen molar-refractivity contribution in [3.05, 3.63) is 69.1 Å². The van der Waals surface area contributed by atoms with Crippen LogP contribution in [-0.2, 0) is 14.3 Å². The zero-order valence-corrected chi connectivity index (χ0v) is 16.7. The maximum atomic E-state index is 13.4. The van der Waals surface area contributed by atoms with Crippen LogP contribution in [0.15, 0.2) is 53.0 Å². The van der Waals surface area contributed by atoms with Crippen molar-refractivity contribution in [1.29, 1.82) is 0 Å². The number of hydrogen-bond acceptors (Lipinski definition) is 10. The molecule has 1 atom stereocenters. The summed E-state index contributed by atoms with van der Waals surface area (Å²) in [6.45, 7) is 0. The number of thiophene rings is 1. The molecule has 2 aromatic heterocycles. The van der Waals surface area contributed by atoms with Crippen molar-refractivity contribution in [2.24, 2.45) is 0 Å². The maximum Gasteiger partial charge on any atom is 0.355 e. The van der Waals surface area contributed by atoms with Crippen LogP contribution in [-0.4, -0.2) is 52.1 Å². The maximum absolute atomic E-state index is 13.4. The summed E-state index contributed by atoms with van der Waals surface area (Å²) in [5.74, 6) is -1.39. The molecule has 30 heavy (non-hydrogen) atoms. The number of anilines is 1. The number of aromatic nitrogens is 4. The van der Waals surface area contributed by atoms with E-state index in [0.29, 0.717) is 16.0 Å². The first-order valence-electron chi connectivity index (χ1n) is 8.69. The summed E-state index contributed by atoms with van der Waals surface area (Å²) in [5, 5.41) is 16.1. The van der Waals surface area contributed by atoms with E-state index < -0.39 is 18.0 Å². The van der Waals surface area contributed by atoms with Crippen LogP contribution < -0.4 is 5.32 Å². The van der Waals surface area contributed by atoms with Crippen molar-refractivity contribution in [2.45, 2.75) is 6.04 Å². The fourth-order valence-corrected chi connectivity index (χ4v) is 3.83. The molecule has 152 valence electrons. The van der Waals surface area contributed by atoms with Gasteiger partial charge < -0.3 is 14.8 Å². The average Bonchev–Trinajstić information content (AvgIpc) is 3.48. The predicted octanol–water partition coefficient (Wildman–Crippen LogP) is 1.85. The number of allylic oxidation sites excluding steroid dienone is 1. The van der Waals surface area contributed by atoms with Gasteiger partial charge in [0.1, 0.15) is 11.7 Å². The number of Topliss-reactive ketones (excluding diaryl/α,β-unsaturated/α-hetero) is 1. The molecule has 0 saturated carbocycles. The quantitative estimate of drug-likeness (QED) is 0.481. The molecule has 1 N–H and O–H groups in total. The van der Waals surface area contributed by atoms with Gasteiger partial charge in [-0.05, 0) is 39.6 Å². The third-order valence-electron chi connectivity index (χ3n) is 4.54. The smallest absolute Gasteiger partial charge is 0.355 e. The molecule has 1 aliphatic rings. The van der Waals surface area contributed by atoms with Gasteiger partial charge in [0.25, 0.3) is 0 Å². The summed E-state index contributed by atoms with van der Waals surface area (Å²) in [6.07, 6.45) is 0. The van der Waals surface area contributed by atoms with Crippen LogP contribution >= 0.6 is 11.3 Å². The molecule has 0 spiro atoms. The molecule has 3 aromatic rings. The third kappa shape index (κ3) is 3.24. The minimum atomic E-state index is -0.813. The van der Waals surface area contributed by atoms with Crippen molar-refractivity contribution in [1.82, 2.24) is 20.2 Å². The molecule has 4 rings (SSSR count). The van der Waals surface area contributed by atoms with Gasteiger partial charge in [-0.3, -0.25) is 4.79 Å². The van der Waals surface area contributed by atoms with Crippen LogP contribution in [0, 0.1) is 0 Å². The van der Waals surface area contributed by atoms with Crippen LogP contribution in [0.2, 0.25) is 0 Å². The van der Waals surface area contributed by atoms with E-state index in [0.717, 1.165) is 0 Å². The van der Waals surface area contributed by atoms with Gasteiger partial charge in [0.05, 0.1) is 30.2 Å². The minimum Gasteiger partial charge on any atom is -0.465 e. The van der Waals surface area contributed by atoms with Gasteiger partial charge in [0.15, 0.2) is 0 Å². The Morgan fingerprint density at radius 2 is 1.80 bits per heavy atom. The largest absolute Gasteiger partial charge is 0.465 e. The second kappa shape index (κ2) is 7.87. The Morgan fingerprint density at radius 3 is 2.43 bits per heavy atom. The number of hydrogen-bond donors (Lipinski definition) is 1. The number of nitrogens with zero attached hydrogens (tertiary/aromatic N) is 4. The highest BCUT2D eigenvalue weighted by Crippen LogP contribution is 2.37. The van der Waals surface area contributed by atoms with Crippen LogP contribution in [0.5, 0.6) is 0 Å². The normalized spacial score (nSPS) is 15.2. The first kappa shape index (κ1) is 19.5. The summed E-state index contributed by atoms with van der Waals surface area (Å²) < 4.78 is 11.0. The summed E-state index contributed by atoms with van der Waals surface area (Å²) >= 11 is 1.25. The van der Waals surface area contributed by atoms with Gasteiger partial charge in [-0.25, -0.2) is 9.59 Å². The van der Waals surface area contributed by atoms with Crippen LogP contribution in [0.3, 0.4) is 0 Å². The molecule has 11 heteroatoms. The lowest BCUT2D eigenvalue weighted by Gasteiger charge is -2.27. The number of benzene rings is 1. The molecule has 3 heterocycles. The van der Waals surface area contributed by atoms with E-state index in [1.165, 1.54) is 30.2 Å².